The fraction of sp³-hybridized carbons (Fsp3) is 0.105. The molecule has 0 aliphatic carbocycles. The Hall–Kier alpha value is -2.99. The predicted octanol–water partition coefficient (Wildman–Crippen LogP) is 4.37. The summed E-state index contributed by atoms with van der Waals surface area (Å²) in [6.45, 7) is 2.01. The molecule has 0 aliphatic rings. The number of ether oxygens (including phenoxy) is 1. The molecule has 0 fully saturated rings. The summed E-state index contributed by atoms with van der Waals surface area (Å²) >= 11 is 1.57. The lowest BCUT2D eigenvalue weighted by Gasteiger charge is -2.02. The van der Waals surface area contributed by atoms with Crippen molar-refractivity contribution in [2.24, 2.45) is 0 Å². The van der Waals surface area contributed by atoms with Crippen molar-refractivity contribution < 1.29 is 4.74 Å². The van der Waals surface area contributed by atoms with E-state index in [0.717, 1.165) is 39.1 Å². The normalized spacial score (nSPS) is 10.8. The first kappa shape index (κ1) is 15.5. The molecule has 124 valence electrons. The van der Waals surface area contributed by atoms with Crippen molar-refractivity contribution in [3.63, 3.8) is 0 Å². The topological polar surface area (TPSA) is 52.8 Å². The summed E-state index contributed by atoms with van der Waals surface area (Å²) in [5.74, 6) is 0.834. The van der Waals surface area contributed by atoms with Gasteiger partial charge in [-0.05, 0) is 43.3 Å². The SMILES string of the molecule is COc1ccc(-c2csc(-c3nnn(-c4ccccc4)c3C)n2)cc1. The molecule has 4 rings (SSSR count). The van der Waals surface area contributed by atoms with Crippen LogP contribution in [0.2, 0.25) is 0 Å². The number of benzene rings is 2. The molecule has 0 N–H and O–H groups in total. The number of aromatic nitrogens is 4. The number of thiazole rings is 1. The summed E-state index contributed by atoms with van der Waals surface area (Å²) < 4.78 is 7.04. The highest BCUT2D eigenvalue weighted by Gasteiger charge is 2.15. The largest absolute Gasteiger partial charge is 0.497 e. The van der Waals surface area contributed by atoms with Crippen LogP contribution in [0.25, 0.3) is 27.6 Å². The lowest BCUT2D eigenvalue weighted by atomic mass is 10.2. The van der Waals surface area contributed by atoms with Gasteiger partial charge in [-0.15, -0.1) is 16.4 Å². The van der Waals surface area contributed by atoms with Crippen LogP contribution in [0.15, 0.2) is 60.0 Å². The standard InChI is InChI=1S/C19H16N4OS/c1-13-18(21-22-23(13)15-6-4-3-5-7-15)19-20-17(12-25-19)14-8-10-16(24-2)11-9-14/h3-12H,1-2H3. The lowest BCUT2D eigenvalue weighted by Crippen LogP contribution is -1.98. The second-order valence-corrected chi connectivity index (χ2v) is 6.40. The Morgan fingerprint density at radius 3 is 2.48 bits per heavy atom. The van der Waals surface area contributed by atoms with E-state index >= 15 is 0 Å². The first-order chi connectivity index (χ1) is 12.3. The van der Waals surface area contributed by atoms with Crippen LogP contribution in [-0.4, -0.2) is 27.1 Å². The van der Waals surface area contributed by atoms with Crippen molar-refractivity contribution in [2.45, 2.75) is 6.92 Å². The van der Waals surface area contributed by atoms with Gasteiger partial charge in [-0.2, -0.15) is 0 Å². The van der Waals surface area contributed by atoms with E-state index in [1.807, 2.05) is 71.6 Å². The van der Waals surface area contributed by atoms with Crippen molar-refractivity contribution in [3.8, 4) is 33.4 Å². The molecule has 2 heterocycles. The summed E-state index contributed by atoms with van der Waals surface area (Å²) in [6, 6.07) is 17.9. The maximum Gasteiger partial charge on any atom is 0.146 e. The summed E-state index contributed by atoms with van der Waals surface area (Å²) in [7, 11) is 1.66. The summed E-state index contributed by atoms with van der Waals surface area (Å²) in [5, 5.41) is 11.5. The third-order valence-corrected chi connectivity index (χ3v) is 4.84. The Morgan fingerprint density at radius 2 is 1.76 bits per heavy atom. The average molecular weight is 348 g/mol. The number of nitrogens with zero attached hydrogens (tertiary/aromatic N) is 4. The minimum atomic E-state index is 0.814. The predicted molar refractivity (Wildman–Crippen MR) is 99.2 cm³/mol. The van der Waals surface area contributed by atoms with Gasteiger partial charge >= 0.3 is 0 Å². The number of hydrogen-bond donors (Lipinski definition) is 0. The van der Waals surface area contributed by atoms with Crippen LogP contribution in [-0.2, 0) is 0 Å². The number of methoxy groups -OCH3 is 1. The van der Waals surface area contributed by atoms with Crippen molar-refractivity contribution in [1.82, 2.24) is 20.0 Å². The van der Waals surface area contributed by atoms with Crippen LogP contribution >= 0.6 is 11.3 Å². The maximum atomic E-state index is 5.20. The lowest BCUT2D eigenvalue weighted by molar-refractivity contribution is 0.415. The molecular weight excluding hydrogens is 332 g/mol. The van der Waals surface area contributed by atoms with Crippen LogP contribution in [0.4, 0.5) is 0 Å². The maximum absolute atomic E-state index is 5.20. The van der Waals surface area contributed by atoms with Gasteiger partial charge in [0.15, 0.2) is 0 Å². The molecule has 0 amide bonds. The molecule has 0 spiro atoms. The van der Waals surface area contributed by atoms with Gasteiger partial charge in [0.05, 0.1) is 24.2 Å². The van der Waals surface area contributed by atoms with E-state index < -0.39 is 0 Å². The summed E-state index contributed by atoms with van der Waals surface area (Å²) in [6.07, 6.45) is 0. The van der Waals surface area contributed by atoms with Gasteiger partial charge in [0.2, 0.25) is 0 Å². The number of para-hydroxylation sites is 1. The highest BCUT2D eigenvalue weighted by Crippen LogP contribution is 2.30. The monoisotopic (exact) mass is 348 g/mol. The fourth-order valence-electron chi connectivity index (χ4n) is 2.62. The zero-order chi connectivity index (χ0) is 17.2. The quantitative estimate of drug-likeness (QED) is 0.549. The fourth-order valence-corrected chi connectivity index (χ4v) is 3.48. The highest BCUT2D eigenvalue weighted by molar-refractivity contribution is 7.13. The van der Waals surface area contributed by atoms with E-state index in [0.29, 0.717) is 0 Å². The van der Waals surface area contributed by atoms with Crippen LogP contribution in [0.1, 0.15) is 5.69 Å². The number of rotatable bonds is 4. The zero-order valence-electron chi connectivity index (χ0n) is 13.9. The molecule has 0 bridgehead atoms. The molecule has 4 aromatic rings. The molecule has 6 heteroatoms. The Balaban J connectivity index is 1.67. The molecule has 0 atom stereocenters. The van der Waals surface area contributed by atoms with Gasteiger partial charge < -0.3 is 4.74 Å². The third-order valence-electron chi connectivity index (χ3n) is 3.99. The molecule has 25 heavy (non-hydrogen) atoms. The van der Waals surface area contributed by atoms with Gasteiger partial charge in [0.1, 0.15) is 16.5 Å². The van der Waals surface area contributed by atoms with Gasteiger partial charge in [-0.3, -0.25) is 0 Å². The van der Waals surface area contributed by atoms with Crippen molar-refractivity contribution in [2.75, 3.05) is 7.11 Å². The summed E-state index contributed by atoms with van der Waals surface area (Å²) in [4.78, 5) is 4.74. The Bertz CT molecular complexity index is 990. The summed E-state index contributed by atoms with van der Waals surface area (Å²) in [5.41, 5.74) is 4.76. The van der Waals surface area contributed by atoms with E-state index in [9.17, 15) is 0 Å². The Kier molecular flexibility index (Phi) is 4.03. The molecule has 2 aromatic carbocycles. The Morgan fingerprint density at radius 1 is 1.00 bits per heavy atom. The first-order valence-electron chi connectivity index (χ1n) is 7.84. The Labute approximate surface area is 149 Å². The van der Waals surface area contributed by atoms with Crippen molar-refractivity contribution in [3.05, 3.63) is 65.7 Å². The van der Waals surface area contributed by atoms with Gasteiger partial charge in [-0.25, -0.2) is 9.67 Å². The van der Waals surface area contributed by atoms with Gasteiger partial charge in [0.25, 0.3) is 0 Å². The number of hydrogen-bond acceptors (Lipinski definition) is 5. The molecule has 0 radical (unpaired) electrons. The van der Waals surface area contributed by atoms with E-state index in [-0.39, 0.29) is 0 Å². The molecule has 0 saturated heterocycles. The van der Waals surface area contributed by atoms with Crippen LogP contribution < -0.4 is 4.74 Å². The van der Waals surface area contributed by atoms with Crippen LogP contribution in [0.5, 0.6) is 5.75 Å². The van der Waals surface area contributed by atoms with Gasteiger partial charge in [-0.1, -0.05) is 23.4 Å². The van der Waals surface area contributed by atoms with Gasteiger partial charge in [0, 0.05) is 10.9 Å². The molecule has 5 nitrogen and oxygen atoms in total. The smallest absolute Gasteiger partial charge is 0.146 e. The van der Waals surface area contributed by atoms with Crippen LogP contribution in [0.3, 0.4) is 0 Å². The average Bonchev–Trinajstić information content (AvgIpc) is 3.29. The highest BCUT2D eigenvalue weighted by atomic mass is 32.1. The molecule has 0 aliphatic heterocycles. The van der Waals surface area contributed by atoms with E-state index in [1.165, 1.54) is 0 Å². The van der Waals surface area contributed by atoms with Crippen molar-refractivity contribution >= 4 is 11.3 Å². The van der Waals surface area contributed by atoms with E-state index in [1.54, 1.807) is 18.4 Å². The van der Waals surface area contributed by atoms with E-state index in [4.69, 9.17) is 9.72 Å². The molecule has 0 saturated carbocycles. The minimum absolute atomic E-state index is 0.814. The third kappa shape index (κ3) is 2.92. The second kappa shape index (κ2) is 6.49. The van der Waals surface area contributed by atoms with Crippen molar-refractivity contribution in [1.29, 1.82) is 0 Å². The molecular formula is C19H16N4OS. The second-order valence-electron chi connectivity index (χ2n) is 5.54. The first-order valence-corrected chi connectivity index (χ1v) is 8.72. The van der Waals surface area contributed by atoms with Crippen LogP contribution in [0, 0.1) is 6.92 Å². The molecule has 0 unspecified atom stereocenters. The van der Waals surface area contributed by atoms with E-state index in [2.05, 4.69) is 10.3 Å². The molecule has 2 aromatic heterocycles. The zero-order valence-corrected chi connectivity index (χ0v) is 14.7. The minimum Gasteiger partial charge on any atom is -0.497 e.